The highest BCUT2D eigenvalue weighted by molar-refractivity contribution is 6.03. The van der Waals surface area contributed by atoms with Crippen molar-refractivity contribution in [1.29, 1.82) is 0 Å². The summed E-state index contributed by atoms with van der Waals surface area (Å²) in [5, 5.41) is 5.44. The molecule has 0 saturated heterocycles. The summed E-state index contributed by atoms with van der Waals surface area (Å²) in [5.74, 6) is -2.09. The van der Waals surface area contributed by atoms with E-state index in [1.807, 2.05) is 6.07 Å². The zero-order chi connectivity index (χ0) is 16.9. The second-order valence-corrected chi connectivity index (χ2v) is 4.87. The predicted octanol–water partition coefficient (Wildman–Crippen LogP) is 3.75. The average Bonchev–Trinajstić information content (AvgIpc) is 2.60. The van der Waals surface area contributed by atoms with Crippen molar-refractivity contribution >= 4 is 23.2 Å². The second kappa shape index (κ2) is 6.82. The van der Waals surface area contributed by atoms with Crippen LogP contribution in [0.1, 0.15) is 10.4 Å². The predicted molar refractivity (Wildman–Crippen MR) is 86.1 cm³/mol. The molecule has 3 aromatic rings. The number of aromatic nitrogens is 2. The van der Waals surface area contributed by atoms with Crippen LogP contribution in [0.2, 0.25) is 0 Å². The van der Waals surface area contributed by atoms with Crippen molar-refractivity contribution in [1.82, 2.24) is 9.97 Å². The van der Waals surface area contributed by atoms with Crippen LogP contribution in [0.4, 0.5) is 26.1 Å². The first kappa shape index (κ1) is 15.5. The van der Waals surface area contributed by atoms with Gasteiger partial charge in [-0.3, -0.25) is 4.79 Å². The molecule has 0 unspecified atom stereocenters. The molecular formula is C17H12F2N4O. The molecule has 0 radical (unpaired) electrons. The van der Waals surface area contributed by atoms with Gasteiger partial charge in [-0.2, -0.15) is 0 Å². The first-order chi connectivity index (χ1) is 11.6. The van der Waals surface area contributed by atoms with Crippen molar-refractivity contribution in [2.24, 2.45) is 0 Å². The fraction of sp³-hybridized carbons (Fsp3) is 0. The van der Waals surface area contributed by atoms with Crippen molar-refractivity contribution in [3.05, 3.63) is 78.1 Å². The highest BCUT2D eigenvalue weighted by Gasteiger charge is 2.08. The first-order valence-corrected chi connectivity index (χ1v) is 7.02. The second-order valence-electron chi connectivity index (χ2n) is 4.87. The van der Waals surface area contributed by atoms with E-state index in [4.69, 9.17) is 0 Å². The summed E-state index contributed by atoms with van der Waals surface area (Å²) in [5.41, 5.74) is 1.23. The van der Waals surface area contributed by atoms with Gasteiger partial charge in [0, 0.05) is 29.8 Å². The van der Waals surface area contributed by atoms with E-state index in [1.165, 1.54) is 18.5 Å². The Morgan fingerprint density at radius 2 is 1.58 bits per heavy atom. The molecule has 0 aliphatic rings. The number of amides is 1. The molecule has 1 aromatic heterocycles. The number of halogens is 2. The summed E-state index contributed by atoms with van der Waals surface area (Å²) >= 11 is 0. The Bertz CT molecular complexity index is 854. The minimum atomic E-state index is -0.973. The lowest BCUT2D eigenvalue weighted by molar-refractivity contribution is 0.102. The number of carbonyl (C=O) groups is 1. The minimum absolute atomic E-state index is 0.164. The van der Waals surface area contributed by atoms with Crippen LogP contribution >= 0.6 is 0 Å². The summed E-state index contributed by atoms with van der Waals surface area (Å²) in [7, 11) is 0. The largest absolute Gasteiger partial charge is 0.324 e. The number of nitrogens with zero attached hydrogens (tertiary/aromatic N) is 2. The number of para-hydroxylation sites is 1. The molecule has 2 aromatic carbocycles. The first-order valence-electron chi connectivity index (χ1n) is 7.02. The third-order valence-electron chi connectivity index (χ3n) is 3.12. The Labute approximate surface area is 136 Å². The van der Waals surface area contributed by atoms with Gasteiger partial charge in [0.15, 0.2) is 11.6 Å². The van der Waals surface area contributed by atoms with Crippen LogP contribution in [0.3, 0.4) is 0 Å². The SMILES string of the molecule is O=C(Nc1ccccc1)c1cnc(Nc2ccc(F)c(F)c2)nc1. The molecule has 5 nitrogen and oxygen atoms in total. The molecule has 1 amide bonds. The molecule has 1 heterocycles. The normalized spacial score (nSPS) is 10.2. The summed E-state index contributed by atoms with van der Waals surface area (Å²) < 4.78 is 26.0. The number of anilines is 3. The third kappa shape index (κ3) is 3.70. The molecule has 24 heavy (non-hydrogen) atoms. The number of carbonyl (C=O) groups excluding carboxylic acids is 1. The van der Waals surface area contributed by atoms with Crippen LogP contribution in [-0.2, 0) is 0 Å². The topological polar surface area (TPSA) is 66.9 Å². The maximum absolute atomic E-state index is 13.2. The van der Waals surface area contributed by atoms with E-state index in [1.54, 1.807) is 24.3 Å². The van der Waals surface area contributed by atoms with E-state index in [2.05, 4.69) is 20.6 Å². The molecule has 2 N–H and O–H groups in total. The lowest BCUT2D eigenvalue weighted by Crippen LogP contribution is -2.13. The van der Waals surface area contributed by atoms with Crippen LogP contribution < -0.4 is 10.6 Å². The monoisotopic (exact) mass is 326 g/mol. The van der Waals surface area contributed by atoms with E-state index in [0.29, 0.717) is 11.4 Å². The average molecular weight is 326 g/mol. The molecule has 0 fully saturated rings. The van der Waals surface area contributed by atoms with Crippen molar-refractivity contribution in [2.75, 3.05) is 10.6 Å². The van der Waals surface area contributed by atoms with E-state index < -0.39 is 11.6 Å². The van der Waals surface area contributed by atoms with E-state index >= 15 is 0 Å². The van der Waals surface area contributed by atoms with E-state index in [-0.39, 0.29) is 17.4 Å². The maximum Gasteiger partial charge on any atom is 0.258 e. The third-order valence-corrected chi connectivity index (χ3v) is 3.12. The summed E-state index contributed by atoms with van der Waals surface area (Å²) in [6, 6.07) is 12.3. The number of hydrogen-bond acceptors (Lipinski definition) is 4. The maximum atomic E-state index is 13.2. The Hall–Kier alpha value is -3.35. The number of benzene rings is 2. The Morgan fingerprint density at radius 3 is 2.25 bits per heavy atom. The van der Waals surface area contributed by atoms with Gasteiger partial charge in [0.25, 0.3) is 5.91 Å². The minimum Gasteiger partial charge on any atom is -0.324 e. The molecule has 0 aliphatic heterocycles. The molecule has 0 bridgehead atoms. The van der Waals surface area contributed by atoms with Crippen molar-refractivity contribution in [2.45, 2.75) is 0 Å². The van der Waals surface area contributed by atoms with Crippen LogP contribution in [-0.4, -0.2) is 15.9 Å². The number of nitrogens with one attached hydrogen (secondary N) is 2. The summed E-state index contributed by atoms with van der Waals surface area (Å²) in [6.07, 6.45) is 2.68. The molecule has 7 heteroatoms. The standard InChI is InChI=1S/C17H12F2N4O/c18-14-7-6-13(8-15(14)19)23-17-20-9-11(10-21-17)16(24)22-12-4-2-1-3-5-12/h1-10H,(H,22,24)(H,20,21,23). The summed E-state index contributed by atoms with van der Waals surface area (Å²) in [6.45, 7) is 0. The van der Waals surface area contributed by atoms with Crippen molar-refractivity contribution < 1.29 is 13.6 Å². The van der Waals surface area contributed by atoms with Crippen molar-refractivity contribution in [3.8, 4) is 0 Å². The fourth-order valence-corrected chi connectivity index (χ4v) is 1.94. The zero-order valence-electron chi connectivity index (χ0n) is 12.3. The van der Waals surface area contributed by atoms with Gasteiger partial charge >= 0.3 is 0 Å². The molecule has 0 atom stereocenters. The lowest BCUT2D eigenvalue weighted by atomic mass is 10.3. The van der Waals surface area contributed by atoms with E-state index in [9.17, 15) is 13.6 Å². The Balaban J connectivity index is 1.68. The molecule has 120 valence electrons. The molecule has 0 aliphatic carbocycles. The Morgan fingerprint density at radius 1 is 0.875 bits per heavy atom. The number of hydrogen-bond donors (Lipinski definition) is 2. The van der Waals surface area contributed by atoms with Crippen LogP contribution in [0.15, 0.2) is 60.9 Å². The summed E-state index contributed by atoms with van der Waals surface area (Å²) in [4.78, 5) is 20.0. The molecular weight excluding hydrogens is 314 g/mol. The smallest absolute Gasteiger partial charge is 0.258 e. The fourth-order valence-electron chi connectivity index (χ4n) is 1.94. The quantitative estimate of drug-likeness (QED) is 0.766. The van der Waals surface area contributed by atoms with Gasteiger partial charge in [0.05, 0.1) is 5.56 Å². The number of rotatable bonds is 4. The van der Waals surface area contributed by atoms with Gasteiger partial charge in [-0.1, -0.05) is 18.2 Å². The van der Waals surface area contributed by atoms with Crippen LogP contribution in [0, 0.1) is 11.6 Å². The van der Waals surface area contributed by atoms with Gasteiger partial charge in [0.1, 0.15) is 0 Å². The highest BCUT2D eigenvalue weighted by Crippen LogP contribution is 2.16. The Kier molecular flexibility index (Phi) is 4.42. The van der Waals surface area contributed by atoms with Gasteiger partial charge in [-0.25, -0.2) is 18.7 Å². The lowest BCUT2D eigenvalue weighted by Gasteiger charge is -2.07. The van der Waals surface area contributed by atoms with Crippen LogP contribution in [0.25, 0.3) is 0 Å². The van der Waals surface area contributed by atoms with Gasteiger partial charge < -0.3 is 10.6 Å². The van der Waals surface area contributed by atoms with Crippen molar-refractivity contribution in [3.63, 3.8) is 0 Å². The molecule has 3 rings (SSSR count). The zero-order valence-corrected chi connectivity index (χ0v) is 12.3. The molecule has 0 saturated carbocycles. The van der Waals surface area contributed by atoms with Crippen LogP contribution in [0.5, 0.6) is 0 Å². The van der Waals surface area contributed by atoms with Gasteiger partial charge in [-0.05, 0) is 24.3 Å². The van der Waals surface area contributed by atoms with E-state index in [0.717, 1.165) is 12.1 Å². The highest BCUT2D eigenvalue weighted by atomic mass is 19.2. The van der Waals surface area contributed by atoms with Gasteiger partial charge in [-0.15, -0.1) is 0 Å². The molecule has 0 spiro atoms. The van der Waals surface area contributed by atoms with Gasteiger partial charge in [0.2, 0.25) is 5.95 Å².